The van der Waals surface area contributed by atoms with E-state index in [2.05, 4.69) is 22.4 Å². The molecule has 1 unspecified atom stereocenters. The lowest BCUT2D eigenvalue weighted by Crippen LogP contribution is -2.36. The second-order valence-corrected chi connectivity index (χ2v) is 6.62. The van der Waals surface area contributed by atoms with E-state index in [1.807, 2.05) is 25.1 Å². The number of aromatic nitrogens is 1. The monoisotopic (exact) mass is 324 g/mol. The van der Waals surface area contributed by atoms with Gasteiger partial charge in [0.1, 0.15) is 5.56 Å². The van der Waals surface area contributed by atoms with Crippen molar-refractivity contribution >= 4 is 5.91 Å². The fourth-order valence-electron chi connectivity index (χ4n) is 3.31. The van der Waals surface area contributed by atoms with Crippen molar-refractivity contribution in [2.45, 2.75) is 51.5 Å². The standard InChI is InChI=1S/C20H24N2O2/c1-14(7-5-10-15-8-3-2-4-9-15)21-19(23)17-13-16-11-6-12-18(16)22-20(17)24/h2-4,8-9,13-14H,5-7,10-12H2,1H3,(H,21,23)(H,22,24). The zero-order valence-corrected chi connectivity index (χ0v) is 14.1. The van der Waals surface area contributed by atoms with Crippen molar-refractivity contribution in [2.75, 3.05) is 0 Å². The van der Waals surface area contributed by atoms with Crippen LogP contribution in [-0.4, -0.2) is 16.9 Å². The van der Waals surface area contributed by atoms with E-state index < -0.39 is 0 Å². The van der Waals surface area contributed by atoms with E-state index in [1.165, 1.54) is 5.56 Å². The van der Waals surface area contributed by atoms with Crippen LogP contribution in [-0.2, 0) is 19.3 Å². The third kappa shape index (κ3) is 3.94. The highest BCUT2D eigenvalue weighted by molar-refractivity contribution is 5.94. The number of nitrogens with one attached hydrogen (secondary N) is 2. The van der Waals surface area contributed by atoms with Gasteiger partial charge >= 0.3 is 0 Å². The van der Waals surface area contributed by atoms with Crippen LogP contribution in [0.1, 0.15) is 53.4 Å². The van der Waals surface area contributed by atoms with Gasteiger partial charge in [-0.3, -0.25) is 9.59 Å². The van der Waals surface area contributed by atoms with E-state index in [0.29, 0.717) is 0 Å². The topological polar surface area (TPSA) is 62.0 Å². The maximum Gasteiger partial charge on any atom is 0.261 e. The zero-order chi connectivity index (χ0) is 16.9. The maximum absolute atomic E-state index is 12.4. The van der Waals surface area contributed by atoms with Gasteiger partial charge in [0.15, 0.2) is 0 Å². The minimum absolute atomic E-state index is 0.0499. The molecule has 1 amide bonds. The highest BCUT2D eigenvalue weighted by Crippen LogP contribution is 2.18. The Hall–Kier alpha value is -2.36. The lowest BCUT2D eigenvalue weighted by molar-refractivity contribution is 0.0936. The summed E-state index contributed by atoms with van der Waals surface area (Å²) in [5.41, 5.74) is 3.38. The number of rotatable bonds is 6. The molecule has 0 bridgehead atoms. The summed E-state index contributed by atoms with van der Waals surface area (Å²) in [6, 6.07) is 12.2. The average molecular weight is 324 g/mol. The minimum atomic E-state index is -0.273. The molecule has 3 rings (SSSR count). The van der Waals surface area contributed by atoms with Crippen molar-refractivity contribution in [3.8, 4) is 0 Å². The van der Waals surface area contributed by atoms with E-state index in [9.17, 15) is 9.59 Å². The van der Waals surface area contributed by atoms with Gasteiger partial charge < -0.3 is 10.3 Å². The van der Waals surface area contributed by atoms with Crippen molar-refractivity contribution in [1.82, 2.24) is 10.3 Å². The van der Waals surface area contributed by atoms with Crippen molar-refractivity contribution in [1.29, 1.82) is 0 Å². The molecule has 2 N–H and O–H groups in total. The van der Waals surface area contributed by atoms with E-state index in [-0.39, 0.29) is 23.1 Å². The first-order chi connectivity index (χ1) is 11.6. The smallest absolute Gasteiger partial charge is 0.261 e. The number of H-pyrrole nitrogens is 1. The molecule has 2 aromatic rings. The summed E-state index contributed by atoms with van der Waals surface area (Å²) in [5.74, 6) is -0.266. The number of amides is 1. The Balaban J connectivity index is 1.54. The average Bonchev–Trinajstić information content (AvgIpc) is 3.02. The number of hydrogen-bond donors (Lipinski definition) is 2. The predicted molar refractivity (Wildman–Crippen MR) is 95.4 cm³/mol. The summed E-state index contributed by atoms with van der Waals surface area (Å²) in [6.07, 6.45) is 5.80. The fourth-order valence-corrected chi connectivity index (χ4v) is 3.31. The van der Waals surface area contributed by atoms with Gasteiger partial charge in [-0.15, -0.1) is 0 Å². The number of pyridine rings is 1. The molecular formula is C20H24N2O2. The number of aryl methyl sites for hydroxylation is 3. The Morgan fingerprint density at radius 1 is 1.25 bits per heavy atom. The summed E-state index contributed by atoms with van der Waals surface area (Å²) in [6.45, 7) is 1.99. The predicted octanol–water partition coefficient (Wildman–Crippen LogP) is 3.00. The molecule has 1 aromatic heterocycles. The van der Waals surface area contributed by atoms with Crippen LogP contribution in [0.2, 0.25) is 0 Å². The summed E-state index contributed by atoms with van der Waals surface area (Å²) in [7, 11) is 0. The third-order valence-corrected chi connectivity index (χ3v) is 4.66. The van der Waals surface area contributed by atoms with Crippen LogP contribution in [0.4, 0.5) is 0 Å². The molecule has 0 saturated carbocycles. The van der Waals surface area contributed by atoms with Crippen LogP contribution in [0.3, 0.4) is 0 Å². The highest BCUT2D eigenvalue weighted by Gasteiger charge is 2.19. The van der Waals surface area contributed by atoms with Crippen molar-refractivity contribution in [3.63, 3.8) is 0 Å². The Kier molecular flexibility index (Phi) is 5.14. The number of aromatic amines is 1. The van der Waals surface area contributed by atoms with Crippen LogP contribution in [0.15, 0.2) is 41.2 Å². The van der Waals surface area contributed by atoms with Crippen molar-refractivity contribution < 1.29 is 4.79 Å². The molecule has 0 radical (unpaired) electrons. The molecule has 4 heteroatoms. The lowest BCUT2D eigenvalue weighted by atomic mass is 10.1. The number of fused-ring (bicyclic) bond motifs is 1. The molecule has 24 heavy (non-hydrogen) atoms. The van der Waals surface area contributed by atoms with Crippen molar-refractivity contribution in [2.24, 2.45) is 0 Å². The first-order valence-corrected chi connectivity index (χ1v) is 8.73. The third-order valence-electron chi connectivity index (χ3n) is 4.66. The van der Waals surface area contributed by atoms with Crippen LogP contribution >= 0.6 is 0 Å². The number of hydrogen-bond acceptors (Lipinski definition) is 2. The summed E-state index contributed by atoms with van der Waals surface area (Å²) in [4.78, 5) is 27.3. The Bertz CT molecular complexity index is 765. The van der Waals surface area contributed by atoms with Crippen LogP contribution in [0.5, 0.6) is 0 Å². The van der Waals surface area contributed by atoms with Crippen molar-refractivity contribution in [3.05, 3.63) is 69.1 Å². The fraction of sp³-hybridized carbons (Fsp3) is 0.400. The highest BCUT2D eigenvalue weighted by atomic mass is 16.2. The van der Waals surface area contributed by atoms with Crippen LogP contribution < -0.4 is 10.9 Å². The van der Waals surface area contributed by atoms with Crippen LogP contribution in [0.25, 0.3) is 0 Å². The van der Waals surface area contributed by atoms with Gasteiger partial charge in [-0.1, -0.05) is 30.3 Å². The Morgan fingerprint density at radius 2 is 2.04 bits per heavy atom. The molecule has 1 aromatic carbocycles. The van der Waals surface area contributed by atoms with Gasteiger partial charge in [0, 0.05) is 11.7 Å². The summed E-state index contributed by atoms with van der Waals surface area (Å²) < 4.78 is 0. The van der Waals surface area contributed by atoms with E-state index in [1.54, 1.807) is 6.07 Å². The van der Waals surface area contributed by atoms with Gasteiger partial charge in [0.05, 0.1) is 0 Å². The first kappa shape index (κ1) is 16.5. The van der Waals surface area contributed by atoms with Gasteiger partial charge in [-0.2, -0.15) is 0 Å². The normalized spacial score (nSPS) is 14.2. The number of carbonyl (C=O) groups is 1. The molecule has 0 spiro atoms. The molecule has 0 saturated heterocycles. The van der Waals surface area contributed by atoms with Crippen LogP contribution in [0, 0.1) is 0 Å². The quantitative estimate of drug-likeness (QED) is 0.858. The molecule has 4 nitrogen and oxygen atoms in total. The van der Waals surface area contributed by atoms with Gasteiger partial charge in [0.2, 0.25) is 0 Å². The minimum Gasteiger partial charge on any atom is -0.349 e. The molecule has 1 aliphatic rings. The number of benzene rings is 1. The molecule has 1 heterocycles. The van der Waals surface area contributed by atoms with E-state index >= 15 is 0 Å². The maximum atomic E-state index is 12.4. The zero-order valence-electron chi connectivity index (χ0n) is 14.1. The summed E-state index contributed by atoms with van der Waals surface area (Å²) in [5, 5.41) is 2.96. The Morgan fingerprint density at radius 3 is 2.83 bits per heavy atom. The molecule has 1 aliphatic carbocycles. The molecule has 1 atom stereocenters. The molecular weight excluding hydrogens is 300 g/mol. The molecule has 126 valence electrons. The van der Waals surface area contributed by atoms with E-state index in [0.717, 1.165) is 49.8 Å². The SMILES string of the molecule is CC(CCCc1ccccc1)NC(=O)c1cc2c([nH]c1=O)CCC2. The largest absolute Gasteiger partial charge is 0.349 e. The van der Waals surface area contributed by atoms with Gasteiger partial charge in [-0.05, 0) is 62.6 Å². The lowest BCUT2D eigenvalue weighted by Gasteiger charge is -2.14. The Labute approximate surface area is 142 Å². The molecule has 0 aliphatic heterocycles. The van der Waals surface area contributed by atoms with E-state index in [4.69, 9.17) is 0 Å². The first-order valence-electron chi connectivity index (χ1n) is 8.73. The second kappa shape index (κ2) is 7.47. The van der Waals surface area contributed by atoms with Gasteiger partial charge in [0.25, 0.3) is 11.5 Å². The van der Waals surface area contributed by atoms with Gasteiger partial charge in [-0.25, -0.2) is 0 Å². The summed E-state index contributed by atoms with van der Waals surface area (Å²) >= 11 is 0. The second-order valence-electron chi connectivity index (χ2n) is 6.62. The molecule has 0 fully saturated rings. The number of carbonyl (C=O) groups excluding carboxylic acids is 1.